The molecule has 2 atom stereocenters. The number of carbonyl (C=O) groups is 1. The standard InChI is InChI=1S/C13H19NO3/c1-12(2,3)17-8(7-14)6-9-10(11(15)16)13(9,4)5/h6,9-10H,1-5H3,(H,15,16). The number of nitriles is 1. The number of carboxylic acid groups (broad SMARTS) is 1. The summed E-state index contributed by atoms with van der Waals surface area (Å²) in [5.41, 5.74) is -0.742. The second kappa shape index (κ2) is 4.06. The Hall–Kier alpha value is -1.50. The minimum absolute atomic E-state index is 0.128. The molecular formula is C13H19NO3. The molecule has 0 aromatic carbocycles. The van der Waals surface area contributed by atoms with Crippen molar-refractivity contribution in [1.82, 2.24) is 0 Å². The van der Waals surface area contributed by atoms with Crippen LogP contribution < -0.4 is 0 Å². The fraction of sp³-hybridized carbons (Fsp3) is 0.692. The average molecular weight is 237 g/mol. The van der Waals surface area contributed by atoms with Crippen LogP contribution in [0.2, 0.25) is 0 Å². The number of nitrogens with zero attached hydrogens (tertiary/aromatic N) is 1. The van der Waals surface area contributed by atoms with E-state index in [0.29, 0.717) is 0 Å². The number of allylic oxidation sites excluding steroid dienone is 2. The zero-order valence-electron chi connectivity index (χ0n) is 10.9. The first-order valence-corrected chi connectivity index (χ1v) is 5.63. The molecule has 0 aliphatic heterocycles. The smallest absolute Gasteiger partial charge is 0.307 e. The molecule has 2 unspecified atom stereocenters. The van der Waals surface area contributed by atoms with E-state index in [0.717, 1.165) is 0 Å². The van der Waals surface area contributed by atoms with Gasteiger partial charge in [-0.3, -0.25) is 4.79 Å². The molecule has 1 N–H and O–H groups in total. The lowest BCUT2D eigenvalue weighted by molar-refractivity contribution is -0.139. The molecule has 0 heterocycles. The van der Waals surface area contributed by atoms with E-state index >= 15 is 0 Å². The SMILES string of the molecule is CC(C)(C)OC(C#N)=CC1C(C(=O)O)C1(C)C. The lowest BCUT2D eigenvalue weighted by Gasteiger charge is -2.20. The molecule has 0 saturated heterocycles. The third kappa shape index (κ3) is 3.00. The predicted molar refractivity (Wildman–Crippen MR) is 62.9 cm³/mol. The number of hydrogen-bond acceptors (Lipinski definition) is 3. The van der Waals surface area contributed by atoms with Crippen molar-refractivity contribution < 1.29 is 14.6 Å². The van der Waals surface area contributed by atoms with Crippen LogP contribution in [0.3, 0.4) is 0 Å². The molecule has 4 heteroatoms. The molecule has 0 bridgehead atoms. The summed E-state index contributed by atoms with van der Waals surface area (Å²) in [5, 5.41) is 18.0. The third-order valence-electron chi connectivity index (χ3n) is 3.03. The van der Waals surface area contributed by atoms with E-state index in [4.69, 9.17) is 15.1 Å². The van der Waals surface area contributed by atoms with Crippen molar-refractivity contribution in [1.29, 1.82) is 5.26 Å². The molecule has 17 heavy (non-hydrogen) atoms. The van der Waals surface area contributed by atoms with Crippen molar-refractivity contribution in [3.63, 3.8) is 0 Å². The monoisotopic (exact) mass is 237 g/mol. The van der Waals surface area contributed by atoms with E-state index in [1.807, 2.05) is 40.7 Å². The van der Waals surface area contributed by atoms with Gasteiger partial charge in [0.25, 0.3) is 0 Å². The van der Waals surface area contributed by atoms with Crippen LogP contribution in [0.15, 0.2) is 11.8 Å². The van der Waals surface area contributed by atoms with Gasteiger partial charge in [0.2, 0.25) is 0 Å². The van der Waals surface area contributed by atoms with E-state index in [9.17, 15) is 4.79 Å². The van der Waals surface area contributed by atoms with E-state index in [-0.39, 0.29) is 17.1 Å². The summed E-state index contributed by atoms with van der Waals surface area (Å²) in [6, 6.07) is 1.97. The van der Waals surface area contributed by atoms with Gasteiger partial charge in [0.05, 0.1) is 5.92 Å². The van der Waals surface area contributed by atoms with Crippen LogP contribution in [0.5, 0.6) is 0 Å². The van der Waals surface area contributed by atoms with Gasteiger partial charge >= 0.3 is 5.97 Å². The molecule has 0 amide bonds. The second-order valence-electron chi connectivity index (χ2n) is 6.02. The van der Waals surface area contributed by atoms with Crippen molar-refractivity contribution in [3.8, 4) is 6.07 Å². The molecule has 1 saturated carbocycles. The van der Waals surface area contributed by atoms with Gasteiger partial charge in [-0.2, -0.15) is 5.26 Å². The highest BCUT2D eigenvalue weighted by Crippen LogP contribution is 2.59. The Bertz CT molecular complexity index is 396. The first-order valence-electron chi connectivity index (χ1n) is 5.63. The topological polar surface area (TPSA) is 70.3 Å². The van der Waals surface area contributed by atoms with Crippen molar-refractivity contribution in [2.45, 2.75) is 40.2 Å². The molecular weight excluding hydrogens is 218 g/mol. The summed E-state index contributed by atoms with van der Waals surface area (Å²) in [6.45, 7) is 9.33. The van der Waals surface area contributed by atoms with Gasteiger partial charge in [-0.1, -0.05) is 13.8 Å². The number of carboxylic acids is 1. The number of rotatable bonds is 3. The molecule has 1 fully saturated rings. The molecule has 0 aromatic heterocycles. The molecule has 0 aromatic rings. The summed E-state index contributed by atoms with van der Waals surface area (Å²) in [7, 11) is 0. The molecule has 0 radical (unpaired) electrons. The van der Waals surface area contributed by atoms with Crippen LogP contribution in [0, 0.1) is 28.6 Å². The largest absolute Gasteiger partial charge is 0.481 e. The molecule has 0 spiro atoms. The van der Waals surface area contributed by atoms with Crippen molar-refractivity contribution in [2.24, 2.45) is 17.3 Å². The van der Waals surface area contributed by atoms with Crippen LogP contribution >= 0.6 is 0 Å². The maximum atomic E-state index is 11.0. The highest BCUT2D eigenvalue weighted by Gasteiger charge is 2.61. The van der Waals surface area contributed by atoms with E-state index in [1.54, 1.807) is 6.08 Å². The highest BCUT2D eigenvalue weighted by atomic mass is 16.5. The summed E-state index contributed by atoms with van der Waals surface area (Å²) in [5.74, 6) is -1.16. The Morgan fingerprint density at radius 3 is 2.29 bits per heavy atom. The Kier molecular flexibility index (Phi) is 3.24. The normalized spacial score (nSPS) is 27.2. The van der Waals surface area contributed by atoms with Gasteiger partial charge in [0.15, 0.2) is 5.76 Å². The quantitative estimate of drug-likeness (QED) is 0.605. The van der Waals surface area contributed by atoms with Crippen LogP contribution in [-0.4, -0.2) is 16.7 Å². The summed E-state index contributed by atoms with van der Waals surface area (Å²) in [4.78, 5) is 11.0. The first kappa shape index (κ1) is 13.6. The fourth-order valence-corrected chi connectivity index (χ4v) is 2.05. The van der Waals surface area contributed by atoms with E-state index < -0.39 is 17.5 Å². The van der Waals surface area contributed by atoms with Gasteiger partial charge in [0.1, 0.15) is 11.7 Å². The second-order valence-corrected chi connectivity index (χ2v) is 6.02. The van der Waals surface area contributed by atoms with Crippen molar-refractivity contribution >= 4 is 5.97 Å². The van der Waals surface area contributed by atoms with Gasteiger partial charge in [-0.05, 0) is 32.3 Å². The molecule has 1 aliphatic carbocycles. The van der Waals surface area contributed by atoms with Crippen LogP contribution in [0.4, 0.5) is 0 Å². The third-order valence-corrected chi connectivity index (χ3v) is 3.03. The molecule has 1 aliphatic rings. The zero-order chi connectivity index (χ0) is 13.4. The fourth-order valence-electron chi connectivity index (χ4n) is 2.05. The minimum Gasteiger partial charge on any atom is -0.481 e. The summed E-state index contributed by atoms with van der Waals surface area (Å²) in [6.07, 6.45) is 1.64. The predicted octanol–water partition coefficient (Wildman–Crippen LogP) is 2.57. The number of aliphatic carboxylic acids is 1. The highest BCUT2D eigenvalue weighted by molar-refractivity contribution is 5.76. The molecule has 94 valence electrons. The minimum atomic E-state index is -0.815. The summed E-state index contributed by atoms with van der Waals surface area (Å²) < 4.78 is 5.47. The maximum Gasteiger partial charge on any atom is 0.307 e. The van der Waals surface area contributed by atoms with Crippen LogP contribution in [0.25, 0.3) is 0 Å². The average Bonchev–Trinajstić information content (AvgIpc) is 2.64. The van der Waals surface area contributed by atoms with E-state index in [1.165, 1.54) is 0 Å². The van der Waals surface area contributed by atoms with E-state index in [2.05, 4.69) is 0 Å². The Morgan fingerprint density at radius 2 is 2.00 bits per heavy atom. The number of ether oxygens (including phenoxy) is 1. The lowest BCUT2D eigenvalue weighted by atomic mass is 10.1. The Morgan fingerprint density at radius 1 is 1.47 bits per heavy atom. The number of hydrogen-bond donors (Lipinski definition) is 1. The first-order chi connectivity index (χ1) is 7.59. The summed E-state index contributed by atoms with van der Waals surface area (Å²) >= 11 is 0. The van der Waals surface area contributed by atoms with Gasteiger partial charge in [-0.15, -0.1) is 0 Å². The molecule has 1 rings (SSSR count). The van der Waals surface area contributed by atoms with Crippen LogP contribution in [-0.2, 0) is 9.53 Å². The zero-order valence-corrected chi connectivity index (χ0v) is 10.9. The van der Waals surface area contributed by atoms with Crippen LogP contribution in [0.1, 0.15) is 34.6 Å². The lowest BCUT2D eigenvalue weighted by Crippen LogP contribution is -2.18. The van der Waals surface area contributed by atoms with Gasteiger partial charge in [-0.25, -0.2) is 0 Å². The van der Waals surface area contributed by atoms with Gasteiger partial charge < -0.3 is 9.84 Å². The van der Waals surface area contributed by atoms with Crippen molar-refractivity contribution in [2.75, 3.05) is 0 Å². The maximum absolute atomic E-state index is 11.0. The Labute approximate surface area is 102 Å². The molecule has 4 nitrogen and oxygen atoms in total. The van der Waals surface area contributed by atoms with Gasteiger partial charge in [0, 0.05) is 5.92 Å². The Balaban J connectivity index is 2.83. The van der Waals surface area contributed by atoms with Crippen molar-refractivity contribution in [3.05, 3.63) is 11.8 Å².